The standard InChI is InChI=1S/C15H24N2OS/c1-11(2)13-6-4-12(5-7-13)10-17-15(18)14(16)8-9-19-3/h4-7,11,14H,8-10,16H2,1-3H3,(H,17,18)/t14-/m0/s1. The zero-order chi connectivity index (χ0) is 14.3. The van der Waals surface area contributed by atoms with Gasteiger partial charge in [-0.25, -0.2) is 0 Å². The number of rotatable bonds is 7. The maximum atomic E-state index is 11.8. The van der Waals surface area contributed by atoms with E-state index >= 15 is 0 Å². The third-order valence-corrected chi connectivity index (χ3v) is 3.73. The molecule has 0 bridgehead atoms. The summed E-state index contributed by atoms with van der Waals surface area (Å²) in [5, 5.41) is 2.88. The molecule has 0 radical (unpaired) electrons. The van der Waals surface area contributed by atoms with Crippen molar-refractivity contribution in [3.8, 4) is 0 Å². The van der Waals surface area contributed by atoms with Gasteiger partial charge < -0.3 is 11.1 Å². The summed E-state index contributed by atoms with van der Waals surface area (Å²) in [6.45, 7) is 4.88. The maximum Gasteiger partial charge on any atom is 0.237 e. The van der Waals surface area contributed by atoms with E-state index in [0.717, 1.165) is 17.7 Å². The van der Waals surface area contributed by atoms with Crippen molar-refractivity contribution in [2.24, 2.45) is 5.73 Å². The first-order valence-electron chi connectivity index (χ1n) is 6.65. The van der Waals surface area contributed by atoms with Crippen LogP contribution in [0, 0.1) is 0 Å². The highest BCUT2D eigenvalue weighted by molar-refractivity contribution is 7.98. The number of thioether (sulfide) groups is 1. The van der Waals surface area contributed by atoms with E-state index in [2.05, 4.69) is 43.4 Å². The summed E-state index contributed by atoms with van der Waals surface area (Å²) in [6.07, 6.45) is 2.74. The van der Waals surface area contributed by atoms with E-state index in [1.165, 1.54) is 5.56 Å². The molecule has 0 fully saturated rings. The van der Waals surface area contributed by atoms with Gasteiger partial charge in [0.05, 0.1) is 6.04 Å². The SMILES string of the molecule is CSCC[C@H](N)C(=O)NCc1ccc(C(C)C)cc1. The molecule has 0 spiro atoms. The molecule has 1 aromatic carbocycles. The van der Waals surface area contributed by atoms with Gasteiger partial charge in [0, 0.05) is 6.54 Å². The zero-order valence-corrected chi connectivity index (χ0v) is 12.8. The number of nitrogens with two attached hydrogens (primary N) is 1. The second-order valence-corrected chi connectivity index (χ2v) is 5.99. The molecular formula is C15H24N2OS. The fraction of sp³-hybridized carbons (Fsp3) is 0.533. The highest BCUT2D eigenvalue weighted by atomic mass is 32.2. The molecule has 0 aliphatic heterocycles. The molecule has 4 heteroatoms. The summed E-state index contributed by atoms with van der Waals surface area (Å²) in [6, 6.07) is 7.94. The number of amides is 1. The Morgan fingerprint density at radius 1 is 1.32 bits per heavy atom. The smallest absolute Gasteiger partial charge is 0.237 e. The minimum atomic E-state index is -0.401. The second-order valence-electron chi connectivity index (χ2n) is 5.00. The molecule has 19 heavy (non-hydrogen) atoms. The molecule has 3 N–H and O–H groups in total. The average molecular weight is 280 g/mol. The number of hydrogen-bond acceptors (Lipinski definition) is 3. The molecule has 0 aliphatic rings. The largest absolute Gasteiger partial charge is 0.351 e. The molecule has 0 saturated carbocycles. The van der Waals surface area contributed by atoms with Gasteiger partial charge in [0.25, 0.3) is 0 Å². The summed E-state index contributed by atoms with van der Waals surface area (Å²) in [7, 11) is 0. The van der Waals surface area contributed by atoms with E-state index < -0.39 is 6.04 Å². The van der Waals surface area contributed by atoms with Crippen LogP contribution in [0.5, 0.6) is 0 Å². The Bertz CT molecular complexity index is 390. The second kappa shape index (κ2) is 8.23. The first kappa shape index (κ1) is 16.1. The first-order valence-corrected chi connectivity index (χ1v) is 8.05. The maximum absolute atomic E-state index is 11.8. The van der Waals surface area contributed by atoms with E-state index in [1.807, 2.05) is 6.26 Å². The van der Waals surface area contributed by atoms with Crippen LogP contribution in [0.1, 0.15) is 37.3 Å². The van der Waals surface area contributed by atoms with Crippen LogP contribution in [-0.4, -0.2) is 24.0 Å². The highest BCUT2D eigenvalue weighted by Gasteiger charge is 2.12. The quantitative estimate of drug-likeness (QED) is 0.807. The van der Waals surface area contributed by atoms with Crippen LogP contribution in [-0.2, 0) is 11.3 Å². The van der Waals surface area contributed by atoms with E-state index in [-0.39, 0.29) is 5.91 Å². The van der Waals surface area contributed by atoms with Crippen LogP contribution in [0.25, 0.3) is 0 Å². The molecule has 1 aromatic rings. The Morgan fingerprint density at radius 2 is 1.95 bits per heavy atom. The third kappa shape index (κ3) is 5.66. The zero-order valence-electron chi connectivity index (χ0n) is 12.0. The molecule has 106 valence electrons. The predicted molar refractivity (Wildman–Crippen MR) is 83.4 cm³/mol. The van der Waals surface area contributed by atoms with Crippen LogP contribution in [0.2, 0.25) is 0 Å². The molecule has 0 aromatic heterocycles. The van der Waals surface area contributed by atoms with Gasteiger partial charge in [0.15, 0.2) is 0 Å². The number of benzene rings is 1. The van der Waals surface area contributed by atoms with Crippen molar-refractivity contribution in [1.82, 2.24) is 5.32 Å². The lowest BCUT2D eigenvalue weighted by Crippen LogP contribution is -2.40. The van der Waals surface area contributed by atoms with Gasteiger partial charge in [0.1, 0.15) is 0 Å². The monoisotopic (exact) mass is 280 g/mol. The van der Waals surface area contributed by atoms with Crippen molar-refractivity contribution >= 4 is 17.7 Å². The fourth-order valence-electron chi connectivity index (χ4n) is 1.72. The van der Waals surface area contributed by atoms with Crippen LogP contribution >= 0.6 is 11.8 Å². The third-order valence-electron chi connectivity index (χ3n) is 3.08. The van der Waals surface area contributed by atoms with Gasteiger partial charge >= 0.3 is 0 Å². The normalized spacial score (nSPS) is 12.5. The molecule has 1 rings (SSSR count). The van der Waals surface area contributed by atoms with E-state index in [9.17, 15) is 4.79 Å². The first-order chi connectivity index (χ1) is 9.04. The fourth-order valence-corrected chi connectivity index (χ4v) is 2.21. The number of carbonyl (C=O) groups is 1. The van der Waals surface area contributed by atoms with Gasteiger partial charge in [-0.1, -0.05) is 38.1 Å². The van der Waals surface area contributed by atoms with Crippen LogP contribution in [0.3, 0.4) is 0 Å². The Kier molecular flexibility index (Phi) is 6.95. The molecule has 3 nitrogen and oxygen atoms in total. The van der Waals surface area contributed by atoms with E-state index in [4.69, 9.17) is 5.73 Å². The number of nitrogens with one attached hydrogen (secondary N) is 1. The van der Waals surface area contributed by atoms with Crippen LogP contribution in [0.4, 0.5) is 0 Å². The van der Waals surface area contributed by atoms with E-state index in [1.54, 1.807) is 11.8 Å². The molecule has 0 heterocycles. The van der Waals surface area contributed by atoms with Crippen molar-refractivity contribution in [3.05, 3.63) is 35.4 Å². The van der Waals surface area contributed by atoms with Crippen molar-refractivity contribution in [1.29, 1.82) is 0 Å². The molecule has 1 amide bonds. The molecule has 0 unspecified atom stereocenters. The molecule has 0 saturated heterocycles. The Hall–Kier alpha value is -1.00. The molecule has 0 aliphatic carbocycles. The summed E-state index contributed by atoms with van der Waals surface area (Å²) in [5.74, 6) is 1.38. The van der Waals surface area contributed by atoms with Gasteiger partial charge in [-0.2, -0.15) is 11.8 Å². The number of carbonyl (C=O) groups excluding carboxylic acids is 1. The lowest BCUT2D eigenvalue weighted by molar-refractivity contribution is -0.122. The Labute approximate surface area is 120 Å². The molecule has 1 atom stereocenters. The lowest BCUT2D eigenvalue weighted by atomic mass is 10.0. The Morgan fingerprint density at radius 3 is 2.47 bits per heavy atom. The minimum absolute atomic E-state index is 0.0676. The van der Waals surface area contributed by atoms with Crippen molar-refractivity contribution in [2.45, 2.75) is 38.8 Å². The average Bonchev–Trinajstić information content (AvgIpc) is 2.42. The highest BCUT2D eigenvalue weighted by Crippen LogP contribution is 2.14. The Balaban J connectivity index is 2.41. The van der Waals surface area contributed by atoms with Gasteiger partial charge in [-0.15, -0.1) is 0 Å². The summed E-state index contributed by atoms with van der Waals surface area (Å²) >= 11 is 1.71. The number of hydrogen-bond donors (Lipinski definition) is 2. The summed E-state index contributed by atoms with van der Waals surface area (Å²) < 4.78 is 0. The van der Waals surface area contributed by atoms with Crippen LogP contribution < -0.4 is 11.1 Å². The molecular weight excluding hydrogens is 256 g/mol. The van der Waals surface area contributed by atoms with Gasteiger partial charge in [0.2, 0.25) is 5.91 Å². The van der Waals surface area contributed by atoms with Crippen molar-refractivity contribution < 1.29 is 4.79 Å². The predicted octanol–water partition coefficient (Wildman–Crippen LogP) is 2.51. The summed E-state index contributed by atoms with van der Waals surface area (Å²) in [4.78, 5) is 11.8. The van der Waals surface area contributed by atoms with Crippen molar-refractivity contribution in [2.75, 3.05) is 12.0 Å². The van der Waals surface area contributed by atoms with E-state index in [0.29, 0.717) is 12.5 Å². The minimum Gasteiger partial charge on any atom is -0.351 e. The van der Waals surface area contributed by atoms with Crippen LogP contribution in [0.15, 0.2) is 24.3 Å². The summed E-state index contributed by atoms with van der Waals surface area (Å²) in [5.41, 5.74) is 8.22. The topological polar surface area (TPSA) is 55.1 Å². The lowest BCUT2D eigenvalue weighted by Gasteiger charge is -2.12. The van der Waals surface area contributed by atoms with Gasteiger partial charge in [-0.05, 0) is 35.5 Å². The van der Waals surface area contributed by atoms with Crippen molar-refractivity contribution in [3.63, 3.8) is 0 Å². The van der Waals surface area contributed by atoms with Gasteiger partial charge in [-0.3, -0.25) is 4.79 Å².